The largest absolute Gasteiger partial charge is 0.444 e. The van der Waals surface area contributed by atoms with Crippen molar-refractivity contribution in [2.24, 2.45) is 7.05 Å². The monoisotopic (exact) mass is 268 g/mol. The summed E-state index contributed by atoms with van der Waals surface area (Å²) in [5, 5.41) is 17.9. The maximum atomic E-state index is 11.9. The molecule has 7 heteroatoms. The Morgan fingerprint density at radius 3 is 2.68 bits per heavy atom. The lowest BCUT2D eigenvalue weighted by atomic mass is 10.0. The highest BCUT2D eigenvalue weighted by Crippen LogP contribution is 2.27. The number of carbonyl (C=O) groups is 1. The molecule has 106 valence electrons. The van der Waals surface area contributed by atoms with E-state index in [0.717, 1.165) is 0 Å². The Morgan fingerprint density at radius 1 is 1.47 bits per heavy atom. The smallest absolute Gasteiger partial charge is 0.410 e. The second kappa shape index (κ2) is 4.80. The lowest BCUT2D eigenvalue weighted by Crippen LogP contribution is -2.35. The summed E-state index contributed by atoms with van der Waals surface area (Å²) in [6.07, 6.45) is 0.717. The maximum absolute atomic E-state index is 11.9. The Kier molecular flexibility index (Phi) is 3.49. The molecule has 1 aromatic rings. The second-order valence-corrected chi connectivity index (χ2v) is 5.88. The minimum absolute atomic E-state index is 0.207. The molecule has 1 aliphatic rings. The number of ether oxygens (including phenoxy) is 1. The van der Waals surface area contributed by atoms with Crippen molar-refractivity contribution in [3.05, 3.63) is 11.9 Å². The molecule has 0 saturated carbocycles. The van der Waals surface area contributed by atoms with Crippen molar-refractivity contribution in [3.8, 4) is 0 Å². The minimum Gasteiger partial charge on any atom is -0.444 e. The van der Waals surface area contributed by atoms with Gasteiger partial charge in [-0.2, -0.15) is 0 Å². The molecule has 0 bridgehead atoms. The van der Waals surface area contributed by atoms with E-state index in [1.807, 2.05) is 20.8 Å². The third kappa shape index (κ3) is 3.23. The SMILES string of the molecule is Cn1cc([C@@H]2CN(C(=O)OC(C)(C)C)C[C@H]2O)nn1. The third-order valence-electron chi connectivity index (χ3n) is 2.94. The van der Waals surface area contributed by atoms with Crippen molar-refractivity contribution in [1.82, 2.24) is 19.9 Å². The summed E-state index contributed by atoms with van der Waals surface area (Å²) in [6, 6.07) is 0. The van der Waals surface area contributed by atoms with Crippen LogP contribution in [0.2, 0.25) is 0 Å². The molecule has 0 aromatic carbocycles. The van der Waals surface area contributed by atoms with Gasteiger partial charge in [0.2, 0.25) is 0 Å². The Morgan fingerprint density at radius 2 is 2.16 bits per heavy atom. The average molecular weight is 268 g/mol. The van der Waals surface area contributed by atoms with Crippen molar-refractivity contribution in [2.75, 3.05) is 13.1 Å². The van der Waals surface area contributed by atoms with Crippen molar-refractivity contribution >= 4 is 6.09 Å². The second-order valence-electron chi connectivity index (χ2n) is 5.88. The summed E-state index contributed by atoms with van der Waals surface area (Å²) in [6.45, 7) is 6.11. The number of aromatic nitrogens is 3. The molecule has 0 unspecified atom stereocenters. The zero-order chi connectivity index (χ0) is 14.2. The first-order valence-corrected chi connectivity index (χ1v) is 6.28. The molecule has 0 spiro atoms. The molecule has 1 N–H and O–H groups in total. The van der Waals surface area contributed by atoms with Gasteiger partial charge in [0, 0.05) is 19.8 Å². The first-order chi connectivity index (χ1) is 8.76. The van der Waals surface area contributed by atoms with Crippen LogP contribution in [0, 0.1) is 0 Å². The molecule has 0 radical (unpaired) electrons. The highest BCUT2D eigenvalue weighted by atomic mass is 16.6. The van der Waals surface area contributed by atoms with Crippen LogP contribution in [-0.4, -0.2) is 55.9 Å². The van der Waals surface area contributed by atoms with Crippen molar-refractivity contribution in [3.63, 3.8) is 0 Å². The minimum atomic E-state index is -0.635. The highest BCUT2D eigenvalue weighted by molar-refractivity contribution is 5.68. The molecular weight excluding hydrogens is 248 g/mol. The van der Waals surface area contributed by atoms with Crippen LogP contribution in [0.15, 0.2) is 6.20 Å². The molecule has 2 atom stereocenters. The van der Waals surface area contributed by atoms with E-state index < -0.39 is 17.8 Å². The van der Waals surface area contributed by atoms with Gasteiger partial charge in [0.15, 0.2) is 0 Å². The maximum Gasteiger partial charge on any atom is 0.410 e. The van der Waals surface area contributed by atoms with Crippen LogP contribution in [0.4, 0.5) is 4.79 Å². The lowest BCUT2D eigenvalue weighted by molar-refractivity contribution is 0.0270. The number of aliphatic hydroxyl groups excluding tert-OH is 1. The molecule has 2 heterocycles. The third-order valence-corrected chi connectivity index (χ3v) is 2.94. The molecule has 1 aliphatic heterocycles. The number of rotatable bonds is 1. The van der Waals surface area contributed by atoms with Gasteiger partial charge in [0.1, 0.15) is 5.60 Å². The first-order valence-electron chi connectivity index (χ1n) is 6.28. The Labute approximate surface area is 112 Å². The molecule has 1 fully saturated rings. The Hall–Kier alpha value is -1.63. The van der Waals surface area contributed by atoms with E-state index in [1.54, 1.807) is 17.9 Å². The van der Waals surface area contributed by atoms with Gasteiger partial charge in [-0.15, -0.1) is 5.10 Å². The van der Waals surface area contributed by atoms with E-state index in [4.69, 9.17) is 4.74 Å². The van der Waals surface area contributed by atoms with Gasteiger partial charge < -0.3 is 14.7 Å². The number of carbonyl (C=O) groups excluding carboxylic acids is 1. The summed E-state index contributed by atoms with van der Waals surface area (Å²) >= 11 is 0. The van der Waals surface area contributed by atoms with Crippen LogP contribution in [0.3, 0.4) is 0 Å². The molecule has 0 aliphatic carbocycles. The number of aliphatic hydroxyl groups is 1. The number of likely N-dealkylation sites (tertiary alicyclic amines) is 1. The van der Waals surface area contributed by atoms with Crippen LogP contribution in [0.5, 0.6) is 0 Å². The highest BCUT2D eigenvalue weighted by Gasteiger charge is 2.38. The number of amides is 1. The van der Waals surface area contributed by atoms with E-state index in [0.29, 0.717) is 12.2 Å². The predicted molar refractivity (Wildman–Crippen MR) is 67.6 cm³/mol. The van der Waals surface area contributed by atoms with Crippen LogP contribution in [-0.2, 0) is 11.8 Å². The number of hydrogen-bond donors (Lipinski definition) is 1. The predicted octanol–water partition coefficient (Wildman–Crippen LogP) is 0.510. The number of aryl methyl sites for hydroxylation is 1. The summed E-state index contributed by atoms with van der Waals surface area (Å²) in [4.78, 5) is 13.4. The summed E-state index contributed by atoms with van der Waals surface area (Å²) < 4.78 is 6.88. The summed E-state index contributed by atoms with van der Waals surface area (Å²) in [7, 11) is 1.77. The fourth-order valence-electron chi connectivity index (χ4n) is 2.09. The van der Waals surface area contributed by atoms with Gasteiger partial charge >= 0.3 is 6.09 Å². The molecular formula is C12H20N4O3. The molecule has 1 amide bonds. The van der Waals surface area contributed by atoms with Crippen LogP contribution < -0.4 is 0 Å². The molecule has 2 rings (SSSR count). The normalized spacial score (nSPS) is 23.7. The number of nitrogens with zero attached hydrogens (tertiary/aromatic N) is 4. The fraction of sp³-hybridized carbons (Fsp3) is 0.750. The quantitative estimate of drug-likeness (QED) is 0.802. The topological polar surface area (TPSA) is 80.5 Å². The number of β-amino-alcohol motifs (C(OH)–C–C–N with tert-alkyl or cyclic N) is 1. The fourth-order valence-corrected chi connectivity index (χ4v) is 2.09. The lowest BCUT2D eigenvalue weighted by Gasteiger charge is -2.24. The van der Waals surface area contributed by atoms with Crippen molar-refractivity contribution < 1.29 is 14.6 Å². The molecule has 1 aromatic heterocycles. The van der Waals surface area contributed by atoms with Crippen LogP contribution >= 0.6 is 0 Å². The standard InChI is InChI=1S/C12H20N4O3/c1-12(2,3)19-11(18)16-5-8(10(17)7-16)9-6-15(4)14-13-9/h6,8,10,17H,5,7H2,1-4H3/t8-,10+/m0/s1. The van der Waals surface area contributed by atoms with E-state index >= 15 is 0 Å². The van der Waals surface area contributed by atoms with E-state index in [2.05, 4.69) is 10.3 Å². The van der Waals surface area contributed by atoms with E-state index in [9.17, 15) is 9.90 Å². The molecule has 1 saturated heterocycles. The zero-order valence-corrected chi connectivity index (χ0v) is 11.7. The molecule has 19 heavy (non-hydrogen) atoms. The van der Waals surface area contributed by atoms with Crippen LogP contribution in [0.1, 0.15) is 32.4 Å². The van der Waals surface area contributed by atoms with Crippen molar-refractivity contribution in [2.45, 2.75) is 38.4 Å². The van der Waals surface area contributed by atoms with Gasteiger partial charge in [-0.05, 0) is 20.8 Å². The van der Waals surface area contributed by atoms with Gasteiger partial charge in [0.25, 0.3) is 0 Å². The summed E-state index contributed by atoms with van der Waals surface area (Å²) in [5.41, 5.74) is 0.160. The first kappa shape index (κ1) is 13.8. The Balaban J connectivity index is 2.03. The number of hydrogen-bond acceptors (Lipinski definition) is 5. The molecule has 7 nitrogen and oxygen atoms in total. The van der Waals surface area contributed by atoms with Crippen LogP contribution in [0.25, 0.3) is 0 Å². The van der Waals surface area contributed by atoms with Crippen molar-refractivity contribution in [1.29, 1.82) is 0 Å². The van der Waals surface area contributed by atoms with Gasteiger partial charge in [-0.25, -0.2) is 4.79 Å². The average Bonchev–Trinajstić information content (AvgIpc) is 2.82. The van der Waals surface area contributed by atoms with Gasteiger partial charge in [-0.1, -0.05) is 5.21 Å². The van der Waals surface area contributed by atoms with E-state index in [1.165, 1.54) is 4.90 Å². The van der Waals surface area contributed by atoms with Gasteiger partial charge in [0.05, 0.1) is 24.3 Å². The zero-order valence-electron chi connectivity index (χ0n) is 11.7. The Bertz CT molecular complexity index is 466. The summed E-state index contributed by atoms with van der Waals surface area (Å²) in [5.74, 6) is -0.207. The van der Waals surface area contributed by atoms with Gasteiger partial charge in [-0.3, -0.25) is 4.68 Å². The van der Waals surface area contributed by atoms with E-state index in [-0.39, 0.29) is 12.5 Å².